The van der Waals surface area contributed by atoms with Crippen LogP contribution in [0.5, 0.6) is 5.75 Å². The molecule has 0 spiro atoms. The Bertz CT molecular complexity index is 941. The summed E-state index contributed by atoms with van der Waals surface area (Å²) in [5.74, 6) is 0.697. The number of benzene rings is 2. The summed E-state index contributed by atoms with van der Waals surface area (Å²) in [4.78, 5) is 12.3. The van der Waals surface area contributed by atoms with E-state index in [9.17, 15) is 4.79 Å². The molecule has 1 N–H and O–H groups in total. The summed E-state index contributed by atoms with van der Waals surface area (Å²) in [5, 5.41) is 9.59. The molecule has 140 valence electrons. The summed E-state index contributed by atoms with van der Waals surface area (Å²) in [6.07, 6.45) is 7.77. The second kappa shape index (κ2) is 9.74. The molecule has 0 aliphatic heterocycles. The molecule has 0 aliphatic carbocycles. The first kappa shape index (κ1) is 18.9. The van der Waals surface area contributed by atoms with E-state index in [0.29, 0.717) is 23.5 Å². The number of hydrogen-bond donors (Lipinski definition) is 1. The number of ether oxygens (including phenoxy) is 1. The molecule has 0 unspecified atom stereocenters. The highest BCUT2D eigenvalue weighted by molar-refractivity contribution is 5.82. The average molecular weight is 364 g/mol. The topological polar surface area (TPSA) is 59.7 Å². The molecule has 0 fully saturated rings. The van der Waals surface area contributed by atoms with E-state index in [1.165, 1.54) is 0 Å². The molecule has 4 heteroatoms. The van der Waals surface area contributed by atoms with Crippen LogP contribution >= 0.6 is 0 Å². The molecule has 0 atom stereocenters. The monoisotopic (exact) mass is 364 g/mol. The minimum Gasteiger partial charge on any atom is -0.493 e. The lowest BCUT2D eigenvalue weighted by molar-refractivity contribution is 0.289. The zero-order valence-corrected chi connectivity index (χ0v) is 15.3. The van der Waals surface area contributed by atoms with Gasteiger partial charge < -0.3 is 14.3 Å². The maximum atomic E-state index is 12.3. The van der Waals surface area contributed by atoms with Crippen LogP contribution in [0.1, 0.15) is 25.7 Å². The standard InChI is InChI=1S/C23H24O4/c24-14-8-3-1-2-4-9-15-26-20-13-12-19-16-21(18-10-6-5-7-11-18)23(25)27-22(19)17-20/h1-2,5-7,10-13,16-17,24H,3-4,8-9,14-15H2/b2-1+. The van der Waals surface area contributed by atoms with Crippen LogP contribution in [0.3, 0.4) is 0 Å². The van der Waals surface area contributed by atoms with E-state index in [4.69, 9.17) is 14.3 Å². The second-order valence-corrected chi connectivity index (χ2v) is 6.34. The number of allylic oxidation sites excluding steroid dienone is 2. The summed E-state index contributed by atoms with van der Waals surface area (Å²) >= 11 is 0. The molecule has 0 saturated carbocycles. The van der Waals surface area contributed by atoms with E-state index in [1.807, 2.05) is 48.5 Å². The predicted octanol–water partition coefficient (Wildman–Crippen LogP) is 4.95. The van der Waals surface area contributed by atoms with Crippen LogP contribution < -0.4 is 10.4 Å². The van der Waals surface area contributed by atoms with E-state index in [-0.39, 0.29) is 12.2 Å². The number of fused-ring (bicyclic) bond motifs is 1. The van der Waals surface area contributed by atoms with Gasteiger partial charge in [-0.3, -0.25) is 0 Å². The van der Waals surface area contributed by atoms with Crippen molar-refractivity contribution in [2.45, 2.75) is 25.7 Å². The largest absolute Gasteiger partial charge is 0.493 e. The van der Waals surface area contributed by atoms with Gasteiger partial charge in [0, 0.05) is 18.1 Å². The smallest absolute Gasteiger partial charge is 0.344 e. The van der Waals surface area contributed by atoms with Gasteiger partial charge in [-0.25, -0.2) is 4.79 Å². The van der Waals surface area contributed by atoms with Gasteiger partial charge in [-0.05, 0) is 49.4 Å². The van der Waals surface area contributed by atoms with Crippen LogP contribution in [-0.4, -0.2) is 18.3 Å². The van der Waals surface area contributed by atoms with E-state index >= 15 is 0 Å². The third kappa shape index (κ3) is 5.31. The minimum absolute atomic E-state index is 0.235. The van der Waals surface area contributed by atoms with Crippen molar-refractivity contribution in [3.05, 3.63) is 77.2 Å². The van der Waals surface area contributed by atoms with E-state index in [0.717, 1.165) is 36.6 Å². The molecular weight excluding hydrogens is 340 g/mol. The van der Waals surface area contributed by atoms with Gasteiger partial charge in [0.25, 0.3) is 0 Å². The third-order valence-electron chi connectivity index (χ3n) is 4.27. The van der Waals surface area contributed by atoms with Crippen molar-refractivity contribution < 1.29 is 14.3 Å². The fourth-order valence-corrected chi connectivity index (χ4v) is 2.84. The highest BCUT2D eigenvalue weighted by atomic mass is 16.5. The Balaban J connectivity index is 1.62. The van der Waals surface area contributed by atoms with Crippen LogP contribution in [0.15, 0.2) is 76.0 Å². The second-order valence-electron chi connectivity index (χ2n) is 6.34. The number of hydrogen-bond acceptors (Lipinski definition) is 4. The number of aliphatic hydroxyl groups excluding tert-OH is 1. The van der Waals surface area contributed by atoms with Crippen molar-refractivity contribution in [3.63, 3.8) is 0 Å². The van der Waals surface area contributed by atoms with Crippen LogP contribution in [0.25, 0.3) is 22.1 Å². The minimum atomic E-state index is -0.348. The summed E-state index contributed by atoms with van der Waals surface area (Å²) in [6, 6.07) is 16.9. The molecule has 1 aromatic heterocycles. The van der Waals surface area contributed by atoms with Gasteiger partial charge in [-0.2, -0.15) is 0 Å². The molecular formula is C23H24O4. The van der Waals surface area contributed by atoms with Crippen LogP contribution in [0.2, 0.25) is 0 Å². The summed E-state index contributed by atoms with van der Waals surface area (Å²) in [7, 11) is 0. The van der Waals surface area contributed by atoms with Crippen molar-refractivity contribution in [1.29, 1.82) is 0 Å². The van der Waals surface area contributed by atoms with E-state index < -0.39 is 0 Å². The molecule has 2 aromatic carbocycles. The maximum Gasteiger partial charge on any atom is 0.344 e. The molecule has 3 aromatic rings. The predicted molar refractivity (Wildman–Crippen MR) is 108 cm³/mol. The Labute approximate surface area is 158 Å². The zero-order chi connectivity index (χ0) is 18.9. The van der Waals surface area contributed by atoms with Gasteiger partial charge in [0.05, 0.1) is 12.2 Å². The van der Waals surface area contributed by atoms with Crippen molar-refractivity contribution >= 4 is 11.0 Å². The molecule has 0 bridgehead atoms. The molecule has 4 nitrogen and oxygen atoms in total. The molecule has 27 heavy (non-hydrogen) atoms. The van der Waals surface area contributed by atoms with Gasteiger partial charge in [0.15, 0.2) is 0 Å². The Hall–Kier alpha value is -2.85. The lowest BCUT2D eigenvalue weighted by Gasteiger charge is -2.07. The Morgan fingerprint density at radius 3 is 2.52 bits per heavy atom. The van der Waals surface area contributed by atoms with Crippen LogP contribution in [0, 0.1) is 0 Å². The van der Waals surface area contributed by atoms with Gasteiger partial charge in [0.1, 0.15) is 11.3 Å². The molecule has 0 radical (unpaired) electrons. The summed E-state index contributed by atoms with van der Waals surface area (Å²) in [6.45, 7) is 0.834. The van der Waals surface area contributed by atoms with Gasteiger partial charge in [0.2, 0.25) is 0 Å². The third-order valence-corrected chi connectivity index (χ3v) is 4.27. The number of unbranched alkanes of at least 4 members (excludes halogenated alkanes) is 2. The van der Waals surface area contributed by atoms with Crippen LogP contribution in [0.4, 0.5) is 0 Å². The van der Waals surface area contributed by atoms with Crippen LogP contribution in [-0.2, 0) is 0 Å². The molecule has 0 amide bonds. The van der Waals surface area contributed by atoms with Crippen molar-refractivity contribution in [2.75, 3.05) is 13.2 Å². The fourth-order valence-electron chi connectivity index (χ4n) is 2.84. The van der Waals surface area contributed by atoms with E-state index in [2.05, 4.69) is 12.2 Å². The molecule has 3 rings (SSSR count). The van der Waals surface area contributed by atoms with Gasteiger partial charge >= 0.3 is 5.63 Å². The highest BCUT2D eigenvalue weighted by Crippen LogP contribution is 2.24. The van der Waals surface area contributed by atoms with Gasteiger partial charge in [-0.15, -0.1) is 0 Å². The molecule has 0 aliphatic rings. The maximum absolute atomic E-state index is 12.3. The first-order valence-corrected chi connectivity index (χ1v) is 9.30. The van der Waals surface area contributed by atoms with Crippen molar-refractivity contribution in [1.82, 2.24) is 0 Å². The van der Waals surface area contributed by atoms with E-state index in [1.54, 1.807) is 6.07 Å². The van der Waals surface area contributed by atoms with Crippen molar-refractivity contribution in [2.24, 2.45) is 0 Å². The Morgan fingerprint density at radius 2 is 1.74 bits per heavy atom. The lowest BCUT2D eigenvalue weighted by atomic mass is 10.1. The molecule has 1 heterocycles. The van der Waals surface area contributed by atoms with Gasteiger partial charge in [-0.1, -0.05) is 42.5 Å². The summed E-state index contributed by atoms with van der Waals surface area (Å²) in [5.41, 5.74) is 1.59. The average Bonchev–Trinajstić information content (AvgIpc) is 2.70. The first-order valence-electron chi connectivity index (χ1n) is 9.30. The summed E-state index contributed by atoms with van der Waals surface area (Å²) < 4.78 is 11.3. The first-order chi connectivity index (χ1) is 13.3. The quantitative estimate of drug-likeness (QED) is 0.332. The lowest BCUT2D eigenvalue weighted by Crippen LogP contribution is -2.03. The Morgan fingerprint density at radius 1 is 0.963 bits per heavy atom. The number of aliphatic hydroxyl groups is 1. The molecule has 0 saturated heterocycles. The zero-order valence-electron chi connectivity index (χ0n) is 15.3. The Kier molecular flexibility index (Phi) is 6.83. The fraction of sp³-hybridized carbons (Fsp3) is 0.261. The van der Waals surface area contributed by atoms with Crippen molar-refractivity contribution in [3.8, 4) is 16.9 Å². The SMILES string of the molecule is O=c1oc2cc(OCCC/C=C/CCCO)ccc2cc1-c1ccccc1. The normalized spacial score (nSPS) is 11.3. The highest BCUT2D eigenvalue weighted by Gasteiger charge is 2.08. The number of rotatable bonds is 9.